The molecule has 0 saturated carbocycles. The third kappa shape index (κ3) is 1.88. The Labute approximate surface area is 78.6 Å². The molecule has 2 rings (SSSR count). The van der Waals surface area contributed by atoms with Gasteiger partial charge >= 0.3 is 6.01 Å². The topological polar surface area (TPSA) is 59.2 Å². The molecule has 0 bridgehead atoms. The summed E-state index contributed by atoms with van der Waals surface area (Å²) in [6.07, 6.45) is 0. The van der Waals surface area contributed by atoms with Crippen molar-refractivity contribution in [1.82, 2.24) is 10.1 Å². The lowest BCUT2D eigenvalue weighted by atomic mass is 10.5. The molecule has 2 heterocycles. The molecule has 5 nitrogen and oxygen atoms in total. The van der Waals surface area contributed by atoms with E-state index >= 15 is 0 Å². The monoisotopic (exact) mass is 201 g/mol. The molecule has 1 fully saturated rings. The van der Waals surface area contributed by atoms with Gasteiger partial charge in [-0.25, -0.2) is 0 Å². The fraction of sp³-hybridized carbons (Fsp3) is 0.714. The summed E-state index contributed by atoms with van der Waals surface area (Å²) in [7, 11) is -0.659. The molecule has 0 radical (unpaired) electrons. The highest BCUT2D eigenvalue weighted by Gasteiger charge is 2.19. The zero-order chi connectivity index (χ0) is 9.26. The molecule has 0 unspecified atom stereocenters. The van der Waals surface area contributed by atoms with Crippen LogP contribution in [0.1, 0.15) is 5.82 Å². The molecule has 0 aliphatic carbocycles. The highest BCUT2D eigenvalue weighted by Crippen LogP contribution is 2.12. The van der Waals surface area contributed by atoms with Crippen molar-refractivity contribution in [3.8, 4) is 0 Å². The van der Waals surface area contributed by atoms with E-state index in [-0.39, 0.29) is 0 Å². The number of aryl methyl sites for hydroxylation is 1. The van der Waals surface area contributed by atoms with Crippen LogP contribution in [0.5, 0.6) is 0 Å². The Bertz CT molecular complexity index is 315. The molecular weight excluding hydrogens is 190 g/mol. The fourth-order valence-corrected chi connectivity index (χ4v) is 2.30. The average Bonchev–Trinajstić information content (AvgIpc) is 2.53. The van der Waals surface area contributed by atoms with Gasteiger partial charge in [-0.3, -0.25) is 4.21 Å². The van der Waals surface area contributed by atoms with Gasteiger partial charge in [0.15, 0.2) is 5.82 Å². The van der Waals surface area contributed by atoms with Gasteiger partial charge < -0.3 is 9.42 Å². The van der Waals surface area contributed by atoms with Crippen molar-refractivity contribution in [2.45, 2.75) is 6.92 Å². The fourth-order valence-electron chi connectivity index (χ4n) is 1.24. The van der Waals surface area contributed by atoms with Crippen LogP contribution < -0.4 is 4.90 Å². The summed E-state index contributed by atoms with van der Waals surface area (Å²) in [5.74, 6) is 2.03. The third-order valence-corrected chi connectivity index (χ3v) is 3.24. The van der Waals surface area contributed by atoms with Crippen LogP contribution in [0.2, 0.25) is 0 Å². The van der Waals surface area contributed by atoms with Gasteiger partial charge in [-0.15, -0.1) is 0 Å². The second kappa shape index (κ2) is 3.45. The van der Waals surface area contributed by atoms with Gasteiger partial charge in [-0.05, 0) is 6.92 Å². The van der Waals surface area contributed by atoms with Crippen LogP contribution in [0.4, 0.5) is 6.01 Å². The van der Waals surface area contributed by atoms with Gasteiger partial charge in [0.1, 0.15) is 0 Å². The molecule has 1 aromatic heterocycles. The molecule has 1 saturated heterocycles. The smallest absolute Gasteiger partial charge is 0.323 e. The van der Waals surface area contributed by atoms with Crippen molar-refractivity contribution in [2.24, 2.45) is 0 Å². The van der Waals surface area contributed by atoms with Crippen LogP contribution in [-0.4, -0.2) is 38.9 Å². The predicted octanol–water partition coefficient (Wildman–Crippen LogP) is -0.0533. The molecule has 0 aromatic carbocycles. The molecule has 1 aromatic rings. The summed E-state index contributed by atoms with van der Waals surface area (Å²) in [4.78, 5) is 6.08. The lowest BCUT2D eigenvalue weighted by Crippen LogP contribution is -2.37. The van der Waals surface area contributed by atoms with Crippen molar-refractivity contribution >= 4 is 16.8 Å². The second-order valence-corrected chi connectivity index (χ2v) is 4.66. The van der Waals surface area contributed by atoms with E-state index in [1.807, 2.05) is 4.90 Å². The summed E-state index contributed by atoms with van der Waals surface area (Å²) in [6.45, 7) is 3.28. The van der Waals surface area contributed by atoms with Crippen LogP contribution >= 0.6 is 0 Å². The van der Waals surface area contributed by atoms with Crippen molar-refractivity contribution in [3.63, 3.8) is 0 Å². The number of hydrogen-bond donors (Lipinski definition) is 0. The number of anilines is 1. The van der Waals surface area contributed by atoms with E-state index in [1.165, 1.54) is 0 Å². The van der Waals surface area contributed by atoms with E-state index in [0.29, 0.717) is 23.3 Å². The zero-order valence-corrected chi connectivity index (χ0v) is 8.21. The first kappa shape index (κ1) is 8.68. The maximum Gasteiger partial charge on any atom is 0.324 e. The van der Waals surface area contributed by atoms with Crippen molar-refractivity contribution < 1.29 is 8.73 Å². The zero-order valence-electron chi connectivity index (χ0n) is 7.39. The SMILES string of the molecule is Cc1noc(N2CCS(=O)CC2)n1. The molecular formula is C7H11N3O2S. The molecule has 13 heavy (non-hydrogen) atoms. The first-order valence-corrected chi connectivity index (χ1v) is 5.65. The maximum absolute atomic E-state index is 11.1. The Morgan fingerprint density at radius 1 is 1.46 bits per heavy atom. The molecule has 0 N–H and O–H groups in total. The van der Waals surface area contributed by atoms with Crippen LogP contribution in [0, 0.1) is 6.92 Å². The predicted molar refractivity (Wildman–Crippen MR) is 49.1 cm³/mol. The first-order chi connectivity index (χ1) is 6.25. The Hall–Kier alpha value is -0.910. The van der Waals surface area contributed by atoms with Crippen molar-refractivity contribution in [1.29, 1.82) is 0 Å². The summed E-state index contributed by atoms with van der Waals surface area (Å²) in [5.41, 5.74) is 0. The Kier molecular flexibility index (Phi) is 2.30. The van der Waals surface area contributed by atoms with Gasteiger partial charge in [-0.2, -0.15) is 4.98 Å². The minimum atomic E-state index is -0.659. The highest BCUT2D eigenvalue weighted by atomic mass is 32.2. The third-order valence-electron chi connectivity index (χ3n) is 1.97. The molecule has 0 amide bonds. The molecule has 6 heteroatoms. The Morgan fingerprint density at radius 3 is 2.69 bits per heavy atom. The molecule has 1 aliphatic rings. The lowest BCUT2D eigenvalue weighted by Gasteiger charge is -2.23. The van der Waals surface area contributed by atoms with Crippen LogP contribution in [0.3, 0.4) is 0 Å². The van der Waals surface area contributed by atoms with Gasteiger partial charge in [0.25, 0.3) is 0 Å². The minimum Gasteiger partial charge on any atom is -0.323 e. The molecule has 0 spiro atoms. The standard InChI is InChI=1S/C7H11N3O2S/c1-6-8-7(12-9-6)10-2-4-13(11)5-3-10/h2-5H2,1H3. The number of hydrogen-bond acceptors (Lipinski definition) is 5. The molecule has 72 valence electrons. The van der Waals surface area contributed by atoms with Gasteiger partial charge in [0.05, 0.1) is 0 Å². The minimum absolute atomic E-state index is 0.550. The van der Waals surface area contributed by atoms with E-state index in [9.17, 15) is 4.21 Å². The van der Waals surface area contributed by atoms with Gasteiger partial charge in [-0.1, -0.05) is 5.16 Å². The van der Waals surface area contributed by atoms with Crippen LogP contribution in [0.15, 0.2) is 4.52 Å². The number of aromatic nitrogens is 2. The van der Waals surface area contributed by atoms with Crippen LogP contribution in [-0.2, 0) is 10.8 Å². The summed E-state index contributed by atoms with van der Waals surface area (Å²) in [5, 5.41) is 3.71. The Morgan fingerprint density at radius 2 is 2.15 bits per heavy atom. The molecule has 1 aliphatic heterocycles. The van der Waals surface area contributed by atoms with Crippen LogP contribution in [0.25, 0.3) is 0 Å². The van der Waals surface area contributed by atoms with E-state index in [1.54, 1.807) is 6.92 Å². The summed E-state index contributed by atoms with van der Waals surface area (Å²) in [6, 6.07) is 0.550. The number of nitrogens with zero attached hydrogens (tertiary/aromatic N) is 3. The quantitative estimate of drug-likeness (QED) is 0.637. The summed E-state index contributed by atoms with van der Waals surface area (Å²) < 4.78 is 16.1. The van der Waals surface area contributed by atoms with E-state index in [2.05, 4.69) is 10.1 Å². The maximum atomic E-state index is 11.1. The lowest BCUT2D eigenvalue weighted by molar-refractivity contribution is 0.410. The van der Waals surface area contributed by atoms with Crippen molar-refractivity contribution in [3.05, 3.63) is 5.82 Å². The first-order valence-electron chi connectivity index (χ1n) is 4.16. The van der Waals surface area contributed by atoms with E-state index < -0.39 is 10.8 Å². The molecule has 0 atom stereocenters. The van der Waals surface area contributed by atoms with E-state index in [4.69, 9.17) is 4.52 Å². The Balaban J connectivity index is 2.06. The van der Waals surface area contributed by atoms with Crippen molar-refractivity contribution in [2.75, 3.05) is 29.5 Å². The highest BCUT2D eigenvalue weighted by molar-refractivity contribution is 7.85. The van der Waals surface area contributed by atoms with Gasteiger partial charge in [0, 0.05) is 35.4 Å². The van der Waals surface area contributed by atoms with Gasteiger partial charge in [0.2, 0.25) is 0 Å². The largest absolute Gasteiger partial charge is 0.324 e. The normalized spacial score (nSPS) is 19.3. The second-order valence-electron chi connectivity index (χ2n) is 2.96. The number of rotatable bonds is 1. The van der Waals surface area contributed by atoms with E-state index in [0.717, 1.165) is 13.1 Å². The average molecular weight is 201 g/mol. The summed E-state index contributed by atoms with van der Waals surface area (Å²) >= 11 is 0.